The molecule has 0 atom stereocenters. The Balaban J connectivity index is 1.47. The molecule has 0 aliphatic heterocycles. The number of nitrogens with zero attached hydrogens (tertiary/aromatic N) is 6. The van der Waals surface area contributed by atoms with Crippen molar-refractivity contribution in [3.63, 3.8) is 0 Å². The zero-order valence-corrected chi connectivity index (χ0v) is 19.7. The SMILES string of the molecule is COc1cc(F)cc(-c2nccc3[nH]c(-c4n[nH]c5ccc(-c6cncc(N(C)C)c6)nc45)nc23)c1. The van der Waals surface area contributed by atoms with E-state index in [2.05, 4.69) is 25.1 Å². The second-order valence-corrected chi connectivity index (χ2v) is 8.51. The van der Waals surface area contributed by atoms with Crippen LogP contribution >= 0.6 is 0 Å². The van der Waals surface area contributed by atoms with Crippen molar-refractivity contribution in [3.05, 3.63) is 66.9 Å². The van der Waals surface area contributed by atoms with Gasteiger partial charge in [0.1, 0.15) is 22.6 Å². The number of pyridine rings is 3. The number of methoxy groups -OCH3 is 1. The Morgan fingerprint density at radius 1 is 0.889 bits per heavy atom. The smallest absolute Gasteiger partial charge is 0.161 e. The zero-order valence-electron chi connectivity index (χ0n) is 19.7. The van der Waals surface area contributed by atoms with Crippen molar-refractivity contribution >= 4 is 27.8 Å². The summed E-state index contributed by atoms with van der Waals surface area (Å²) in [6, 6.07) is 12.2. The standard InChI is InChI=1S/C26H21FN8O/c1-35(2)17-9-15(12-28-13-17)19-4-5-21-24(30-19)25(34-33-21)26-31-20-6-7-29-22(23(20)32-26)14-8-16(27)11-18(10-14)36-3/h4-13H,1-3H3,(H,31,32)(H,33,34). The van der Waals surface area contributed by atoms with Crippen LogP contribution in [0.15, 0.2) is 61.1 Å². The van der Waals surface area contributed by atoms with Crippen LogP contribution in [0.4, 0.5) is 10.1 Å². The number of aromatic amines is 2. The van der Waals surface area contributed by atoms with Crippen molar-refractivity contribution < 1.29 is 9.13 Å². The third kappa shape index (κ3) is 3.68. The summed E-state index contributed by atoms with van der Waals surface area (Å²) in [5.74, 6) is 0.517. The molecule has 6 rings (SSSR count). The van der Waals surface area contributed by atoms with Crippen LogP contribution in [0.3, 0.4) is 0 Å². The number of halogens is 1. The maximum atomic E-state index is 14.2. The number of nitrogens with one attached hydrogen (secondary N) is 2. The number of hydrogen-bond acceptors (Lipinski definition) is 7. The highest BCUT2D eigenvalue weighted by molar-refractivity contribution is 5.95. The summed E-state index contributed by atoms with van der Waals surface area (Å²) in [5.41, 5.74) is 7.10. The Morgan fingerprint density at radius 3 is 2.58 bits per heavy atom. The summed E-state index contributed by atoms with van der Waals surface area (Å²) < 4.78 is 19.4. The van der Waals surface area contributed by atoms with E-state index in [1.807, 2.05) is 43.3 Å². The number of fused-ring (bicyclic) bond motifs is 2. The molecule has 0 spiro atoms. The van der Waals surface area contributed by atoms with Gasteiger partial charge in [-0.05, 0) is 36.4 Å². The van der Waals surface area contributed by atoms with Crippen molar-refractivity contribution in [1.29, 1.82) is 0 Å². The number of anilines is 1. The molecule has 10 heteroatoms. The van der Waals surface area contributed by atoms with Gasteiger partial charge in [-0.2, -0.15) is 5.10 Å². The average molecular weight is 481 g/mol. The van der Waals surface area contributed by atoms with E-state index in [1.54, 1.807) is 24.7 Å². The maximum Gasteiger partial charge on any atom is 0.161 e. The minimum absolute atomic E-state index is 0.405. The zero-order chi connectivity index (χ0) is 24.8. The Morgan fingerprint density at radius 2 is 1.75 bits per heavy atom. The van der Waals surface area contributed by atoms with Crippen molar-refractivity contribution in [2.24, 2.45) is 0 Å². The normalized spacial score (nSPS) is 11.3. The molecule has 0 aliphatic rings. The Hall–Kier alpha value is -4.86. The lowest BCUT2D eigenvalue weighted by atomic mass is 10.1. The number of hydrogen-bond donors (Lipinski definition) is 2. The van der Waals surface area contributed by atoms with Crippen LogP contribution in [0.1, 0.15) is 0 Å². The van der Waals surface area contributed by atoms with Crippen molar-refractivity contribution in [1.82, 2.24) is 35.1 Å². The first-order chi connectivity index (χ1) is 17.5. The molecule has 9 nitrogen and oxygen atoms in total. The van der Waals surface area contributed by atoms with Crippen LogP contribution < -0.4 is 9.64 Å². The molecule has 0 amide bonds. The van der Waals surface area contributed by atoms with Crippen molar-refractivity contribution in [2.45, 2.75) is 0 Å². The minimum atomic E-state index is -0.415. The van der Waals surface area contributed by atoms with Gasteiger partial charge in [0.05, 0.1) is 41.4 Å². The lowest BCUT2D eigenvalue weighted by molar-refractivity contribution is 0.411. The highest BCUT2D eigenvalue weighted by Gasteiger charge is 2.18. The predicted octanol–water partition coefficient (Wildman–Crippen LogP) is 4.84. The van der Waals surface area contributed by atoms with E-state index in [1.165, 1.54) is 19.2 Å². The van der Waals surface area contributed by atoms with Crippen LogP contribution in [0.25, 0.3) is 56.1 Å². The first kappa shape index (κ1) is 21.7. The Labute approximate surface area is 205 Å². The Kier molecular flexibility index (Phi) is 5.06. The molecule has 0 saturated heterocycles. The van der Waals surface area contributed by atoms with Gasteiger partial charge in [0.15, 0.2) is 11.5 Å². The van der Waals surface area contributed by atoms with Crippen LogP contribution in [-0.2, 0) is 0 Å². The maximum absolute atomic E-state index is 14.2. The third-order valence-corrected chi connectivity index (χ3v) is 5.95. The van der Waals surface area contributed by atoms with Gasteiger partial charge in [-0.1, -0.05) is 0 Å². The van der Waals surface area contributed by atoms with Gasteiger partial charge in [-0.15, -0.1) is 0 Å². The monoisotopic (exact) mass is 480 g/mol. The Bertz CT molecular complexity index is 1740. The minimum Gasteiger partial charge on any atom is -0.497 e. The van der Waals surface area contributed by atoms with Crippen LogP contribution in [0, 0.1) is 5.82 Å². The summed E-state index contributed by atoms with van der Waals surface area (Å²) in [5, 5.41) is 7.51. The van der Waals surface area contributed by atoms with E-state index in [0.717, 1.165) is 28.0 Å². The van der Waals surface area contributed by atoms with E-state index in [4.69, 9.17) is 14.7 Å². The van der Waals surface area contributed by atoms with Gasteiger partial charge < -0.3 is 14.6 Å². The van der Waals surface area contributed by atoms with Gasteiger partial charge in [-0.25, -0.2) is 14.4 Å². The van der Waals surface area contributed by atoms with Gasteiger partial charge in [0, 0.05) is 43.7 Å². The summed E-state index contributed by atoms with van der Waals surface area (Å²) in [7, 11) is 5.43. The summed E-state index contributed by atoms with van der Waals surface area (Å²) in [6.07, 6.45) is 5.24. The highest BCUT2D eigenvalue weighted by Crippen LogP contribution is 2.32. The molecule has 0 radical (unpaired) electrons. The predicted molar refractivity (Wildman–Crippen MR) is 136 cm³/mol. The summed E-state index contributed by atoms with van der Waals surface area (Å²) in [6.45, 7) is 0. The molecule has 36 heavy (non-hydrogen) atoms. The fourth-order valence-corrected chi connectivity index (χ4v) is 4.11. The molecule has 5 heterocycles. The number of ether oxygens (including phenoxy) is 1. The van der Waals surface area contributed by atoms with E-state index < -0.39 is 5.82 Å². The molecule has 178 valence electrons. The lowest BCUT2D eigenvalue weighted by Gasteiger charge is -2.12. The molecule has 0 unspecified atom stereocenters. The quantitative estimate of drug-likeness (QED) is 0.363. The first-order valence-corrected chi connectivity index (χ1v) is 11.2. The highest BCUT2D eigenvalue weighted by atomic mass is 19.1. The second kappa shape index (κ2) is 8.42. The summed E-state index contributed by atoms with van der Waals surface area (Å²) in [4.78, 5) is 23.8. The molecular formula is C26H21FN8O. The first-order valence-electron chi connectivity index (χ1n) is 11.2. The largest absolute Gasteiger partial charge is 0.497 e. The lowest BCUT2D eigenvalue weighted by Crippen LogP contribution is -2.08. The molecule has 0 aliphatic carbocycles. The van der Waals surface area contributed by atoms with Gasteiger partial charge in [-0.3, -0.25) is 15.1 Å². The van der Waals surface area contributed by atoms with Gasteiger partial charge >= 0.3 is 0 Å². The number of aromatic nitrogens is 7. The van der Waals surface area contributed by atoms with Crippen LogP contribution in [0.5, 0.6) is 5.75 Å². The molecule has 0 fully saturated rings. The molecule has 2 N–H and O–H groups in total. The van der Waals surface area contributed by atoms with Crippen LogP contribution in [0.2, 0.25) is 0 Å². The third-order valence-electron chi connectivity index (χ3n) is 5.95. The molecule has 5 aromatic heterocycles. The number of rotatable bonds is 5. The average Bonchev–Trinajstić information content (AvgIpc) is 3.51. The van der Waals surface area contributed by atoms with E-state index in [9.17, 15) is 4.39 Å². The molecule has 0 bridgehead atoms. The molecule has 6 aromatic rings. The molecular weight excluding hydrogens is 459 g/mol. The van der Waals surface area contributed by atoms with Crippen molar-refractivity contribution in [3.8, 4) is 39.8 Å². The topological polar surface area (TPSA) is 108 Å². The fraction of sp³-hybridized carbons (Fsp3) is 0.115. The van der Waals surface area contributed by atoms with Gasteiger partial charge in [0.25, 0.3) is 0 Å². The number of benzene rings is 1. The number of imidazole rings is 1. The van der Waals surface area contributed by atoms with Crippen LogP contribution in [-0.4, -0.2) is 56.3 Å². The number of H-pyrrole nitrogens is 2. The second-order valence-electron chi connectivity index (χ2n) is 8.51. The van der Waals surface area contributed by atoms with E-state index >= 15 is 0 Å². The molecule has 1 aromatic carbocycles. The molecule has 0 saturated carbocycles. The van der Waals surface area contributed by atoms with E-state index in [0.29, 0.717) is 39.6 Å². The van der Waals surface area contributed by atoms with E-state index in [-0.39, 0.29) is 0 Å². The van der Waals surface area contributed by atoms with Crippen molar-refractivity contribution in [2.75, 3.05) is 26.1 Å². The van der Waals surface area contributed by atoms with Gasteiger partial charge in [0.2, 0.25) is 0 Å². The fourth-order valence-electron chi connectivity index (χ4n) is 4.11. The summed E-state index contributed by atoms with van der Waals surface area (Å²) >= 11 is 0.